The molecule has 4 heteroatoms. The monoisotopic (exact) mass is 282 g/mol. The minimum absolute atomic E-state index is 0.246. The van der Waals surface area contributed by atoms with E-state index in [0.29, 0.717) is 5.56 Å². The molecule has 3 nitrogen and oxygen atoms in total. The molecule has 1 atom stereocenters. The van der Waals surface area contributed by atoms with E-state index < -0.39 is 0 Å². The zero-order chi connectivity index (χ0) is 12.0. The SMILES string of the molecule is CCC(O)CCNc1ccc(C#N)cc1Br. The Morgan fingerprint density at radius 1 is 1.56 bits per heavy atom. The van der Waals surface area contributed by atoms with Crippen LogP contribution < -0.4 is 5.32 Å². The third-order valence-electron chi connectivity index (χ3n) is 2.36. The Bertz CT molecular complexity index is 387. The molecule has 1 aromatic rings. The maximum absolute atomic E-state index is 9.39. The van der Waals surface area contributed by atoms with Crippen LogP contribution >= 0.6 is 15.9 Å². The number of benzene rings is 1. The highest BCUT2D eigenvalue weighted by Gasteiger charge is 2.03. The van der Waals surface area contributed by atoms with Crippen LogP contribution in [0.25, 0.3) is 0 Å². The Labute approximate surface area is 104 Å². The molecule has 1 unspecified atom stereocenters. The molecule has 1 aromatic carbocycles. The van der Waals surface area contributed by atoms with Gasteiger partial charge in [0.05, 0.1) is 17.7 Å². The van der Waals surface area contributed by atoms with Crippen molar-refractivity contribution in [3.63, 3.8) is 0 Å². The molecule has 0 fully saturated rings. The van der Waals surface area contributed by atoms with Crippen LogP contribution in [0.1, 0.15) is 25.3 Å². The summed E-state index contributed by atoms with van der Waals surface area (Å²) in [5, 5.41) is 21.3. The first kappa shape index (κ1) is 13.0. The van der Waals surface area contributed by atoms with Crippen LogP contribution in [0.4, 0.5) is 5.69 Å². The van der Waals surface area contributed by atoms with Gasteiger partial charge >= 0.3 is 0 Å². The fourth-order valence-corrected chi connectivity index (χ4v) is 1.82. The maximum atomic E-state index is 9.39. The third kappa shape index (κ3) is 3.84. The molecular weight excluding hydrogens is 268 g/mol. The quantitative estimate of drug-likeness (QED) is 0.873. The van der Waals surface area contributed by atoms with Crippen molar-refractivity contribution in [2.45, 2.75) is 25.9 Å². The maximum Gasteiger partial charge on any atom is 0.0992 e. The van der Waals surface area contributed by atoms with Gasteiger partial charge in [0.25, 0.3) is 0 Å². The van der Waals surface area contributed by atoms with E-state index in [1.165, 1.54) is 0 Å². The molecule has 0 bridgehead atoms. The largest absolute Gasteiger partial charge is 0.393 e. The topological polar surface area (TPSA) is 56.0 Å². The van der Waals surface area contributed by atoms with Crippen LogP contribution in [0.3, 0.4) is 0 Å². The van der Waals surface area contributed by atoms with Gasteiger partial charge in [0, 0.05) is 16.7 Å². The number of hydrogen-bond acceptors (Lipinski definition) is 3. The highest BCUT2D eigenvalue weighted by molar-refractivity contribution is 9.10. The van der Waals surface area contributed by atoms with Crippen LogP contribution in [0.15, 0.2) is 22.7 Å². The van der Waals surface area contributed by atoms with Gasteiger partial charge in [0.2, 0.25) is 0 Å². The minimum atomic E-state index is -0.246. The molecule has 0 aliphatic carbocycles. The molecule has 2 N–H and O–H groups in total. The van der Waals surface area contributed by atoms with Crippen molar-refractivity contribution in [1.29, 1.82) is 5.26 Å². The van der Waals surface area contributed by atoms with Crippen molar-refractivity contribution in [2.75, 3.05) is 11.9 Å². The van der Waals surface area contributed by atoms with Crippen molar-refractivity contribution in [2.24, 2.45) is 0 Å². The van der Waals surface area contributed by atoms with Gasteiger partial charge in [-0.25, -0.2) is 0 Å². The van der Waals surface area contributed by atoms with Crippen LogP contribution in [-0.4, -0.2) is 17.8 Å². The summed E-state index contributed by atoms with van der Waals surface area (Å²) in [5.41, 5.74) is 1.58. The summed E-state index contributed by atoms with van der Waals surface area (Å²) < 4.78 is 0.873. The van der Waals surface area contributed by atoms with Crippen molar-refractivity contribution in [1.82, 2.24) is 0 Å². The van der Waals surface area contributed by atoms with Gasteiger partial charge in [0.15, 0.2) is 0 Å². The summed E-state index contributed by atoms with van der Waals surface area (Å²) in [5.74, 6) is 0. The molecule has 86 valence electrons. The molecule has 0 spiro atoms. The van der Waals surface area contributed by atoms with E-state index in [1.807, 2.05) is 13.0 Å². The van der Waals surface area contributed by atoms with Crippen LogP contribution in [0.5, 0.6) is 0 Å². The van der Waals surface area contributed by atoms with Gasteiger partial charge in [-0.3, -0.25) is 0 Å². The first-order chi connectivity index (χ1) is 7.67. The number of nitrogens with one attached hydrogen (secondary N) is 1. The normalized spacial score (nSPS) is 11.9. The summed E-state index contributed by atoms with van der Waals surface area (Å²) >= 11 is 3.40. The number of hydrogen-bond donors (Lipinski definition) is 2. The zero-order valence-electron chi connectivity index (χ0n) is 9.20. The van der Waals surface area contributed by atoms with E-state index in [9.17, 15) is 5.11 Å². The second-order valence-corrected chi connectivity index (χ2v) is 4.44. The molecule has 0 radical (unpaired) electrons. The Morgan fingerprint density at radius 3 is 2.88 bits per heavy atom. The van der Waals surface area contributed by atoms with Crippen molar-refractivity contribution >= 4 is 21.6 Å². The number of aliphatic hydroxyl groups is 1. The van der Waals surface area contributed by atoms with Gasteiger partial charge in [-0.1, -0.05) is 6.92 Å². The van der Waals surface area contributed by atoms with Gasteiger partial charge in [-0.2, -0.15) is 5.26 Å². The lowest BCUT2D eigenvalue weighted by molar-refractivity contribution is 0.164. The molecule has 0 amide bonds. The first-order valence-electron chi connectivity index (χ1n) is 5.29. The highest BCUT2D eigenvalue weighted by Crippen LogP contribution is 2.23. The number of nitrogens with zero attached hydrogens (tertiary/aromatic N) is 1. The minimum Gasteiger partial charge on any atom is -0.393 e. The molecule has 0 aliphatic heterocycles. The van der Waals surface area contributed by atoms with Gasteiger partial charge < -0.3 is 10.4 Å². The van der Waals surface area contributed by atoms with Crippen molar-refractivity contribution < 1.29 is 5.11 Å². The Balaban J connectivity index is 2.52. The van der Waals surface area contributed by atoms with Gasteiger partial charge in [0.1, 0.15) is 0 Å². The fraction of sp³-hybridized carbons (Fsp3) is 0.417. The van der Waals surface area contributed by atoms with Crippen LogP contribution in [0.2, 0.25) is 0 Å². The molecular formula is C12H15BrN2O. The summed E-state index contributed by atoms with van der Waals surface area (Å²) in [6.45, 7) is 2.68. The molecule has 0 heterocycles. The first-order valence-corrected chi connectivity index (χ1v) is 6.08. The Hall–Kier alpha value is -1.05. The predicted octanol–water partition coefficient (Wildman–Crippen LogP) is 2.89. The zero-order valence-corrected chi connectivity index (χ0v) is 10.8. The molecule has 0 saturated carbocycles. The number of anilines is 1. The van der Waals surface area contributed by atoms with Crippen LogP contribution in [0, 0.1) is 11.3 Å². The average molecular weight is 283 g/mol. The Morgan fingerprint density at radius 2 is 2.31 bits per heavy atom. The second kappa shape index (κ2) is 6.51. The summed E-state index contributed by atoms with van der Waals surface area (Å²) in [6, 6.07) is 7.49. The van der Waals surface area contributed by atoms with E-state index in [4.69, 9.17) is 5.26 Å². The highest BCUT2D eigenvalue weighted by atomic mass is 79.9. The smallest absolute Gasteiger partial charge is 0.0992 e. The average Bonchev–Trinajstić information content (AvgIpc) is 2.30. The summed E-state index contributed by atoms with van der Waals surface area (Å²) in [4.78, 5) is 0. The van der Waals surface area contributed by atoms with E-state index in [-0.39, 0.29) is 6.10 Å². The number of nitriles is 1. The van der Waals surface area contributed by atoms with E-state index in [1.54, 1.807) is 12.1 Å². The number of halogens is 1. The summed E-state index contributed by atoms with van der Waals surface area (Å²) in [6.07, 6.45) is 1.25. The lowest BCUT2D eigenvalue weighted by Gasteiger charge is -2.11. The lowest BCUT2D eigenvalue weighted by Crippen LogP contribution is -2.12. The third-order valence-corrected chi connectivity index (χ3v) is 3.02. The molecule has 1 rings (SSSR count). The van der Waals surface area contributed by atoms with Crippen molar-refractivity contribution in [3.05, 3.63) is 28.2 Å². The second-order valence-electron chi connectivity index (χ2n) is 3.58. The van der Waals surface area contributed by atoms with Crippen molar-refractivity contribution in [3.8, 4) is 6.07 Å². The van der Waals surface area contributed by atoms with Crippen LogP contribution in [-0.2, 0) is 0 Å². The number of rotatable bonds is 5. The predicted molar refractivity (Wildman–Crippen MR) is 68.3 cm³/mol. The van der Waals surface area contributed by atoms with E-state index >= 15 is 0 Å². The standard InChI is InChI=1S/C12H15BrN2O/c1-2-10(16)5-6-15-12-4-3-9(8-14)7-11(12)13/h3-4,7,10,15-16H,2,5-6H2,1H3. The van der Waals surface area contributed by atoms with E-state index in [2.05, 4.69) is 27.3 Å². The van der Waals surface area contributed by atoms with E-state index in [0.717, 1.165) is 29.5 Å². The lowest BCUT2D eigenvalue weighted by atomic mass is 10.2. The molecule has 16 heavy (non-hydrogen) atoms. The van der Waals surface area contributed by atoms with Gasteiger partial charge in [-0.15, -0.1) is 0 Å². The fourth-order valence-electron chi connectivity index (χ4n) is 1.31. The molecule has 0 aliphatic rings. The number of aliphatic hydroxyl groups excluding tert-OH is 1. The molecule has 0 aromatic heterocycles. The Kier molecular flexibility index (Phi) is 5.30. The van der Waals surface area contributed by atoms with Gasteiger partial charge in [-0.05, 0) is 47.0 Å². The summed E-state index contributed by atoms with van der Waals surface area (Å²) in [7, 11) is 0. The molecule has 0 saturated heterocycles.